The number of pyridine rings is 1. The number of nitriles is 1. The number of anilines is 2. The number of carbonyl (C=O) groups is 1. The number of aromatic nitrogens is 2. The Hall–Kier alpha value is -3.76. The SMILES string of the molecule is C=C(F)/C=C(C#N)\C(=C/C)C1CSC(N(C)c2c(CC)nc3ccc(N4CCN(CC(=O)N5CC(F)(F)C5)CC4)cn23)=N1. The fraction of sp³-hybridized carbons (Fsp3) is 0.467. The number of halogens is 3. The lowest BCUT2D eigenvalue weighted by Gasteiger charge is -2.41. The fourth-order valence-corrected chi connectivity index (χ4v) is 6.69. The average Bonchev–Trinajstić information content (AvgIpc) is 3.60. The summed E-state index contributed by atoms with van der Waals surface area (Å²) in [5.74, 6) is -2.16. The van der Waals surface area contributed by atoms with Crippen LogP contribution in [0, 0.1) is 11.3 Å². The molecule has 3 aliphatic rings. The predicted molar refractivity (Wildman–Crippen MR) is 165 cm³/mol. The van der Waals surface area contributed by atoms with E-state index in [1.165, 1.54) is 4.90 Å². The topological polar surface area (TPSA) is 83.5 Å². The Morgan fingerprint density at radius 3 is 2.60 bits per heavy atom. The van der Waals surface area contributed by atoms with E-state index in [2.05, 4.69) is 35.1 Å². The number of likely N-dealkylation sites (tertiary alicyclic amines) is 1. The van der Waals surface area contributed by atoms with Crippen LogP contribution in [-0.2, 0) is 11.2 Å². The molecule has 13 heteroatoms. The van der Waals surface area contributed by atoms with Crippen LogP contribution in [0.4, 0.5) is 24.7 Å². The number of carbonyl (C=O) groups excluding carboxylic acids is 1. The molecule has 3 aliphatic heterocycles. The summed E-state index contributed by atoms with van der Waals surface area (Å²) in [6.45, 7) is 9.03. The van der Waals surface area contributed by atoms with Gasteiger partial charge in [-0.05, 0) is 37.1 Å². The van der Waals surface area contributed by atoms with Crippen molar-refractivity contribution in [1.82, 2.24) is 19.2 Å². The summed E-state index contributed by atoms with van der Waals surface area (Å²) in [5, 5.41) is 10.4. The highest BCUT2D eigenvalue weighted by Gasteiger charge is 2.46. The Morgan fingerprint density at radius 2 is 2.00 bits per heavy atom. The van der Waals surface area contributed by atoms with Crippen molar-refractivity contribution in [2.75, 3.05) is 68.4 Å². The van der Waals surface area contributed by atoms with Crippen LogP contribution >= 0.6 is 11.8 Å². The molecular formula is C30H35F3N8OS. The maximum absolute atomic E-state index is 13.5. The number of imidazole rings is 1. The minimum atomic E-state index is -2.75. The molecule has 2 saturated heterocycles. The quantitative estimate of drug-likeness (QED) is 0.325. The first-order chi connectivity index (χ1) is 20.5. The Kier molecular flexibility index (Phi) is 8.89. The zero-order valence-electron chi connectivity index (χ0n) is 24.6. The number of allylic oxidation sites excluding steroid dienone is 3. The van der Waals surface area contributed by atoms with Crippen LogP contribution in [0.25, 0.3) is 5.65 Å². The summed E-state index contributed by atoms with van der Waals surface area (Å²) in [4.78, 5) is 29.6. The van der Waals surface area contributed by atoms with Crippen LogP contribution in [0.2, 0.25) is 0 Å². The smallest absolute Gasteiger partial charge is 0.282 e. The van der Waals surface area contributed by atoms with Crippen molar-refractivity contribution in [1.29, 1.82) is 5.26 Å². The fourth-order valence-electron chi connectivity index (χ4n) is 5.65. The number of piperazine rings is 1. The number of amides is 1. The Morgan fingerprint density at radius 1 is 1.28 bits per heavy atom. The summed E-state index contributed by atoms with van der Waals surface area (Å²) in [5.41, 5.74) is 3.62. The van der Waals surface area contributed by atoms with Crippen molar-refractivity contribution in [3.05, 3.63) is 59.7 Å². The third kappa shape index (κ3) is 6.45. The molecule has 0 saturated carbocycles. The normalized spacial score (nSPS) is 21.0. The van der Waals surface area contributed by atoms with Gasteiger partial charge >= 0.3 is 0 Å². The van der Waals surface area contributed by atoms with Crippen LogP contribution in [0.15, 0.2) is 59.0 Å². The van der Waals surface area contributed by atoms with Crippen LogP contribution in [0.1, 0.15) is 19.5 Å². The summed E-state index contributed by atoms with van der Waals surface area (Å²) < 4.78 is 41.9. The lowest BCUT2D eigenvalue weighted by atomic mass is 10.00. The summed E-state index contributed by atoms with van der Waals surface area (Å²) in [7, 11) is 1.95. The Labute approximate surface area is 253 Å². The van der Waals surface area contributed by atoms with Gasteiger partial charge in [0, 0.05) is 45.2 Å². The lowest BCUT2D eigenvalue weighted by molar-refractivity contribution is -0.166. The molecule has 5 heterocycles. The zero-order valence-corrected chi connectivity index (χ0v) is 25.4. The number of aryl methyl sites for hydroxylation is 1. The van der Waals surface area contributed by atoms with E-state index < -0.39 is 24.8 Å². The second-order valence-electron chi connectivity index (χ2n) is 10.9. The first kappa shape index (κ1) is 30.7. The van der Waals surface area contributed by atoms with E-state index >= 15 is 0 Å². The number of amidine groups is 1. The van der Waals surface area contributed by atoms with Gasteiger partial charge in [-0.2, -0.15) is 5.26 Å². The monoisotopic (exact) mass is 612 g/mol. The second-order valence-corrected chi connectivity index (χ2v) is 11.9. The van der Waals surface area contributed by atoms with Crippen LogP contribution in [-0.4, -0.2) is 101 Å². The number of hydrogen-bond donors (Lipinski definition) is 0. The second kappa shape index (κ2) is 12.5. The van der Waals surface area contributed by atoms with Crippen molar-refractivity contribution in [2.24, 2.45) is 4.99 Å². The van der Waals surface area contributed by atoms with E-state index in [-0.39, 0.29) is 24.1 Å². The van der Waals surface area contributed by atoms with E-state index in [0.29, 0.717) is 43.9 Å². The molecule has 2 aromatic rings. The molecule has 43 heavy (non-hydrogen) atoms. The van der Waals surface area contributed by atoms with Crippen LogP contribution in [0.3, 0.4) is 0 Å². The molecule has 2 aromatic heterocycles. The van der Waals surface area contributed by atoms with E-state index in [0.717, 1.165) is 34.1 Å². The van der Waals surface area contributed by atoms with Crippen molar-refractivity contribution < 1.29 is 18.0 Å². The Balaban J connectivity index is 1.32. The van der Waals surface area contributed by atoms with Gasteiger partial charge in [0.25, 0.3) is 5.92 Å². The molecule has 1 atom stereocenters. The predicted octanol–water partition coefficient (Wildman–Crippen LogP) is 4.28. The van der Waals surface area contributed by atoms with Crippen molar-refractivity contribution in [2.45, 2.75) is 32.2 Å². The number of hydrogen-bond acceptors (Lipinski definition) is 8. The van der Waals surface area contributed by atoms with Gasteiger partial charge in [-0.15, -0.1) is 0 Å². The molecule has 0 N–H and O–H groups in total. The van der Waals surface area contributed by atoms with Crippen molar-refractivity contribution >= 4 is 40.0 Å². The van der Waals surface area contributed by atoms with Crippen LogP contribution in [0.5, 0.6) is 0 Å². The van der Waals surface area contributed by atoms with E-state index in [4.69, 9.17) is 9.98 Å². The van der Waals surface area contributed by atoms with Gasteiger partial charge in [-0.1, -0.05) is 31.3 Å². The van der Waals surface area contributed by atoms with Crippen molar-refractivity contribution in [3.63, 3.8) is 0 Å². The van der Waals surface area contributed by atoms with E-state index in [1.807, 2.05) is 35.9 Å². The number of nitrogens with zero attached hydrogens (tertiary/aromatic N) is 8. The summed E-state index contributed by atoms with van der Waals surface area (Å²) in [6, 6.07) is 5.81. The summed E-state index contributed by atoms with van der Waals surface area (Å²) >= 11 is 1.57. The highest BCUT2D eigenvalue weighted by molar-refractivity contribution is 8.14. The van der Waals surface area contributed by atoms with Crippen molar-refractivity contribution in [3.8, 4) is 6.07 Å². The van der Waals surface area contributed by atoms with Gasteiger partial charge in [-0.3, -0.25) is 19.1 Å². The highest BCUT2D eigenvalue weighted by Crippen LogP contribution is 2.33. The molecule has 228 valence electrons. The van der Waals surface area contributed by atoms with Crippen LogP contribution < -0.4 is 9.80 Å². The minimum Gasteiger partial charge on any atom is -0.368 e. The van der Waals surface area contributed by atoms with Gasteiger partial charge in [-0.25, -0.2) is 18.2 Å². The number of thioether (sulfide) groups is 1. The maximum Gasteiger partial charge on any atom is 0.282 e. The van der Waals surface area contributed by atoms with Gasteiger partial charge in [0.2, 0.25) is 5.91 Å². The summed E-state index contributed by atoms with van der Waals surface area (Å²) in [6.07, 6.45) is 5.72. The van der Waals surface area contributed by atoms with Gasteiger partial charge in [0.15, 0.2) is 5.17 Å². The minimum absolute atomic E-state index is 0.156. The number of aliphatic imine (C=N–C) groups is 1. The van der Waals surface area contributed by atoms with Gasteiger partial charge in [0.05, 0.1) is 48.7 Å². The molecule has 0 radical (unpaired) electrons. The Bertz CT molecular complexity index is 1540. The average molecular weight is 613 g/mol. The van der Waals surface area contributed by atoms with Gasteiger partial charge in [0.1, 0.15) is 17.3 Å². The lowest BCUT2D eigenvalue weighted by Crippen LogP contribution is -2.61. The molecular weight excluding hydrogens is 577 g/mol. The number of rotatable bonds is 8. The number of fused-ring (bicyclic) bond motifs is 1. The molecule has 0 aromatic carbocycles. The molecule has 2 fully saturated rings. The first-order valence-electron chi connectivity index (χ1n) is 14.2. The molecule has 0 spiro atoms. The molecule has 0 aliphatic carbocycles. The molecule has 0 bridgehead atoms. The third-order valence-corrected chi connectivity index (χ3v) is 9.04. The third-order valence-electron chi connectivity index (χ3n) is 7.92. The van der Waals surface area contributed by atoms with E-state index in [1.54, 1.807) is 17.8 Å². The molecule has 5 rings (SSSR count). The van der Waals surface area contributed by atoms with E-state index in [9.17, 15) is 23.2 Å². The maximum atomic E-state index is 13.5. The standard InChI is InChI=1S/C30H35F3N8OS/c1-5-23(21(14-34)13-20(3)31)25-17-43-29(36-25)37(4)28-24(6-2)35-26-8-7-22(15-41(26)28)39-11-9-38(10-12-39)16-27(42)40-18-30(32,33)19-40/h5,7-8,13,15,25H,3,6,9-12,16-19H2,1-2,4H3/b21-13-,23-5+. The molecule has 9 nitrogen and oxygen atoms in total. The number of alkyl halides is 2. The largest absolute Gasteiger partial charge is 0.368 e. The highest BCUT2D eigenvalue weighted by atomic mass is 32.2. The zero-order chi connectivity index (χ0) is 30.9. The first-order valence-corrected chi connectivity index (χ1v) is 15.2. The molecule has 1 unspecified atom stereocenters. The molecule has 1 amide bonds. The van der Waals surface area contributed by atoms with Gasteiger partial charge < -0.3 is 14.7 Å².